The monoisotopic (exact) mass is 426 g/mol. The fourth-order valence-electron chi connectivity index (χ4n) is 4.24. The number of aromatic nitrogens is 1. The maximum atomic E-state index is 13.8. The first-order valence-electron chi connectivity index (χ1n) is 10.8. The van der Waals surface area contributed by atoms with Gasteiger partial charge in [-0.2, -0.15) is 0 Å². The number of rotatable bonds is 8. The molecule has 2 N–H and O–H groups in total. The van der Waals surface area contributed by atoms with E-state index in [-0.39, 0.29) is 11.8 Å². The zero-order chi connectivity index (χ0) is 22.7. The summed E-state index contributed by atoms with van der Waals surface area (Å²) in [6, 6.07) is 4.25. The van der Waals surface area contributed by atoms with Crippen LogP contribution in [0.1, 0.15) is 53.6 Å². The molecule has 1 aliphatic heterocycles. The number of benzene rings is 1. The lowest BCUT2D eigenvalue weighted by atomic mass is 10.0. The molecule has 7 heteroatoms. The molecule has 0 unspecified atom stereocenters. The zero-order valence-electron chi connectivity index (χ0n) is 18.9. The molecule has 0 fully saturated rings. The van der Waals surface area contributed by atoms with Crippen LogP contribution in [-0.2, 0) is 11.3 Å². The third-order valence-corrected chi connectivity index (χ3v) is 6.01. The minimum Gasteiger partial charge on any atom is -0.351 e. The first-order chi connectivity index (χ1) is 14.8. The molecular formula is C24H31FN4O2. The fraction of sp³-hybridized carbons (Fsp3) is 0.417. The molecule has 0 saturated carbocycles. The number of hydrogen-bond donors (Lipinski definition) is 2. The van der Waals surface area contributed by atoms with Gasteiger partial charge in [0.05, 0.1) is 11.1 Å². The van der Waals surface area contributed by atoms with Gasteiger partial charge in [0.1, 0.15) is 5.82 Å². The molecule has 2 aromatic rings. The van der Waals surface area contributed by atoms with Gasteiger partial charge in [-0.3, -0.25) is 9.59 Å². The molecule has 0 bridgehead atoms. The summed E-state index contributed by atoms with van der Waals surface area (Å²) in [5.41, 5.74) is 4.61. The van der Waals surface area contributed by atoms with Crippen LogP contribution in [-0.4, -0.2) is 47.5 Å². The number of fused-ring (bicyclic) bond motifs is 1. The van der Waals surface area contributed by atoms with Gasteiger partial charge in [-0.05, 0) is 63.7 Å². The highest BCUT2D eigenvalue weighted by Gasteiger charge is 2.27. The molecule has 0 aliphatic carbocycles. The van der Waals surface area contributed by atoms with Crippen LogP contribution in [0.25, 0.3) is 11.6 Å². The van der Waals surface area contributed by atoms with Gasteiger partial charge in [-0.25, -0.2) is 4.39 Å². The van der Waals surface area contributed by atoms with Crippen molar-refractivity contribution in [3.8, 4) is 0 Å². The van der Waals surface area contributed by atoms with Gasteiger partial charge in [0, 0.05) is 42.3 Å². The lowest BCUT2D eigenvalue weighted by Crippen LogP contribution is -2.35. The summed E-state index contributed by atoms with van der Waals surface area (Å²) < 4.78 is 15.8. The number of nitrogens with zero attached hydrogens (tertiary/aromatic N) is 2. The Kier molecular flexibility index (Phi) is 6.95. The zero-order valence-corrected chi connectivity index (χ0v) is 18.9. The summed E-state index contributed by atoms with van der Waals surface area (Å²) in [6.45, 7) is 13.9. The molecule has 0 spiro atoms. The first-order valence-corrected chi connectivity index (χ1v) is 10.8. The van der Waals surface area contributed by atoms with E-state index in [1.54, 1.807) is 12.1 Å². The molecule has 1 aromatic carbocycles. The molecule has 3 rings (SSSR count). The SMILES string of the molecule is CCN(CC)CCNC(=O)c1c(C)c(/C=C2\C(=O)Nc3ccc(F)cc32)n(CC)c1C. The van der Waals surface area contributed by atoms with Gasteiger partial charge < -0.3 is 20.1 Å². The lowest BCUT2D eigenvalue weighted by Gasteiger charge is -2.18. The molecule has 0 radical (unpaired) electrons. The van der Waals surface area contributed by atoms with Crippen molar-refractivity contribution in [1.29, 1.82) is 0 Å². The van der Waals surface area contributed by atoms with E-state index in [0.29, 0.717) is 35.5 Å². The van der Waals surface area contributed by atoms with Crippen molar-refractivity contribution < 1.29 is 14.0 Å². The predicted molar refractivity (Wildman–Crippen MR) is 123 cm³/mol. The Bertz CT molecular complexity index is 1030. The maximum absolute atomic E-state index is 13.8. The number of carbonyl (C=O) groups excluding carboxylic acids is 2. The average molecular weight is 427 g/mol. The first kappa shape index (κ1) is 22.7. The highest BCUT2D eigenvalue weighted by molar-refractivity contribution is 6.35. The van der Waals surface area contributed by atoms with Crippen molar-refractivity contribution in [2.45, 2.75) is 41.2 Å². The van der Waals surface area contributed by atoms with Crippen LogP contribution in [0.15, 0.2) is 18.2 Å². The minimum absolute atomic E-state index is 0.115. The normalized spacial score (nSPS) is 14.3. The van der Waals surface area contributed by atoms with Crippen molar-refractivity contribution in [2.24, 2.45) is 0 Å². The summed E-state index contributed by atoms with van der Waals surface area (Å²) in [6.07, 6.45) is 1.76. The van der Waals surface area contributed by atoms with E-state index in [1.165, 1.54) is 12.1 Å². The van der Waals surface area contributed by atoms with E-state index < -0.39 is 5.82 Å². The molecule has 31 heavy (non-hydrogen) atoms. The number of halogens is 1. The Morgan fingerprint density at radius 2 is 1.94 bits per heavy atom. The Morgan fingerprint density at radius 3 is 2.58 bits per heavy atom. The summed E-state index contributed by atoms with van der Waals surface area (Å²) >= 11 is 0. The summed E-state index contributed by atoms with van der Waals surface area (Å²) in [4.78, 5) is 27.8. The molecule has 0 saturated heterocycles. The van der Waals surface area contributed by atoms with Crippen LogP contribution >= 0.6 is 0 Å². The van der Waals surface area contributed by atoms with Crippen LogP contribution in [0.5, 0.6) is 0 Å². The van der Waals surface area contributed by atoms with Gasteiger partial charge in [0.15, 0.2) is 0 Å². The number of carbonyl (C=O) groups is 2. The predicted octanol–water partition coefficient (Wildman–Crippen LogP) is 3.83. The van der Waals surface area contributed by atoms with Gasteiger partial charge in [-0.15, -0.1) is 0 Å². The molecule has 6 nitrogen and oxygen atoms in total. The van der Waals surface area contributed by atoms with Crippen molar-refractivity contribution in [2.75, 3.05) is 31.5 Å². The van der Waals surface area contributed by atoms with Gasteiger partial charge in [0.25, 0.3) is 11.8 Å². The van der Waals surface area contributed by atoms with E-state index in [0.717, 1.165) is 36.6 Å². The van der Waals surface area contributed by atoms with Crippen LogP contribution in [0.3, 0.4) is 0 Å². The van der Waals surface area contributed by atoms with Gasteiger partial charge in [0.2, 0.25) is 0 Å². The van der Waals surface area contributed by atoms with Gasteiger partial charge >= 0.3 is 0 Å². The summed E-state index contributed by atoms with van der Waals surface area (Å²) in [7, 11) is 0. The highest BCUT2D eigenvalue weighted by Crippen LogP contribution is 2.35. The maximum Gasteiger partial charge on any atom is 0.256 e. The fourth-order valence-corrected chi connectivity index (χ4v) is 4.24. The van der Waals surface area contributed by atoms with Crippen LogP contribution < -0.4 is 10.6 Å². The van der Waals surface area contributed by atoms with Crippen molar-refractivity contribution >= 4 is 29.2 Å². The van der Waals surface area contributed by atoms with Crippen molar-refractivity contribution in [3.63, 3.8) is 0 Å². The van der Waals surface area contributed by atoms with E-state index in [4.69, 9.17) is 0 Å². The second-order valence-corrected chi connectivity index (χ2v) is 7.70. The number of likely N-dealkylation sites (N-methyl/N-ethyl adjacent to an activating group) is 1. The van der Waals surface area contributed by atoms with Crippen molar-refractivity contribution in [3.05, 3.63) is 52.1 Å². The Labute approximate surface area is 183 Å². The van der Waals surface area contributed by atoms with E-state index in [9.17, 15) is 14.0 Å². The molecule has 2 heterocycles. The highest BCUT2D eigenvalue weighted by atomic mass is 19.1. The number of hydrogen-bond acceptors (Lipinski definition) is 3. The third kappa shape index (κ3) is 4.42. The van der Waals surface area contributed by atoms with Crippen LogP contribution in [0.2, 0.25) is 0 Å². The molecular weight excluding hydrogens is 395 g/mol. The van der Waals surface area contributed by atoms with E-state index >= 15 is 0 Å². The Hall–Kier alpha value is -2.93. The topological polar surface area (TPSA) is 66.4 Å². The standard InChI is InChI=1S/C24H31FN4O2/c1-6-28(7-2)12-11-26-24(31)22-15(4)21(29(8-3)16(22)5)14-19-18-13-17(25)9-10-20(18)27-23(19)30/h9-10,13-14H,6-8,11-12H2,1-5H3,(H,26,31)(H,27,30)/b19-14-. The number of amides is 2. The quantitative estimate of drug-likeness (QED) is 0.631. The smallest absolute Gasteiger partial charge is 0.256 e. The summed E-state index contributed by atoms with van der Waals surface area (Å²) in [5, 5.41) is 5.80. The summed E-state index contributed by atoms with van der Waals surface area (Å²) in [5.74, 6) is -0.781. The third-order valence-electron chi connectivity index (χ3n) is 6.01. The molecule has 1 aromatic heterocycles. The molecule has 2 amide bonds. The van der Waals surface area contributed by atoms with Crippen molar-refractivity contribution in [1.82, 2.24) is 14.8 Å². The lowest BCUT2D eigenvalue weighted by molar-refractivity contribution is -0.110. The van der Waals surface area contributed by atoms with E-state index in [2.05, 4.69) is 29.4 Å². The largest absolute Gasteiger partial charge is 0.351 e. The number of anilines is 1. The van der Waals surface area contributed by atoms with E-state index in [1.807, 2.05) is 25.3 Å². The van der Waals surface area contributed by atoms with Crippen LogP contribution in [0, 0.1) is 19.7 Å². The molecule has 166 valence electrons. The second kappa shape index (κ2) is 9.47. The van der Waals surface area contributed by atoms with Gasteiger partial charge in [-0.1, -0.05) is 13.8 Å². The molecule has 0 atom stereocenters. The van der Waals surface area contributed by atoms with Crippen LogP contribution in [0.4, 0.5) is 10.1 Å². The Balaban J connectivity index is 1.95. The minimum atomic E-state index is -0.395. The second-order valence-electron chi connectivity index (χ2n) is 7.70. The number of nitrogens with one attached hydrogen (secondary N) is 2. The molecule has 1 aliphatic rings. The Morgan fingerprint density at radius 1 is 1.23 bits per heavy atom. The average Bonchev–Trinajstić information content (AvgIpc) is 3.17.